The van der Waals surface area contributed by atoms with Crippen molar-refractivity contribution in [3.63, 3.8) is 0 Å². The third-order valence-electron chi connectivity index (χ3n) is 7.62. The van der Waals surface area contributed by atoms with Gasteiger partial charge in [0.15, 0.2) is 0 Å². The Morgan fingerprint density at radius 2 is 2.17 bits per heavy atom. The minimum Gasteiger partial charge on any atom is -0.371 e. The predicted octanol–water partition coefficient (Wildman–Crippen LogP) is 2.37. The Morgan fingerprint density at radius 3 is 2.97 bits per heavy atom. The van der Waals surface area contributed by atoms with Gasteiger partial charge in [-0.3, -0.25) is 14.7 Å². The van der Waals surface area contributed by atoms with Crippen LogP contribution >= 0.6 is 0 Å². The molecule has 0 saturated carbocycles. The van der Waals surface area contributed by atoms with Crippen LogP contribution in [0.2, 0.25) is 0 Å². The minimum absolute atomic E-state index is 0.0594. The van der Waals surface area contributed by atoms with Crippen LogP contribution in [0, 0.1) is 19.3 Å². The number of aryl methyl sites for hydroxylation is 1. The van der Waals surface area contributed by atoms with Crippen molar-refractivity contribution in [2.75, 3.05) is 32.8 Å². The lowest BCUT2D eigenvalue weighted by Gasteiger charge is -2.46. The molecule has 3 atom stereocenters. The molecule has 10 nitrogen and oxygen atoms in total. The Hall–Kier alpha value is -3.75. The first kappa shape index (κ1) is 22.7. The summed E-state index contributed by atoms with van der Waals surface area (Å²) in [5.74, 6) is -0.614. The summed E-state index contributed by atoms with van der Waals surface area (Å²) in [6, 6.07) is 5.19. The fourth-order valence-corrected chi connectivity index (χ4v) is 5.67. The molecule has 0 bridgehead atoms. The van der Waals surface area contributed by atoms with Crippen LogP contribution in [0.25, 0.3) is 10.5 Å². The van der Waals surface area contributed by atoms with Gasteiger partial charge in [0.05, 0.1) is 48.8 Å². The number of hydrogen-bond acceptors (Lipinski definition) is 7. The van der Waals surface area contributed by atoms with Gasteiger partial charge in [0.2, 0.25) is 11.6 Å². The predicted molar refractivity (Wildman–Crippen MR) is 126 cm³/mol. The van der Waals surface area contributed by atoms with E-state index in [-0.39, 0.29) is 29.7 Å². The van der Waals surface area contributed by atoms with E-state index in [0.717, 1.165) is 41.9 Å². The van der Waals surface area contributed by atoms with E-state index in [0.29, 0.717) is 31.8 Å². The summed E-state index contributed by atoms with van der Waals surface area (Å²) in [7, 11) is 0. The van der Waals surface area contributed by atoms with Crippen LogP contribution in [-0.4, -0.2) is 79.7 Å². The van der Waals surface area contributed by atoms with Gasteiger partial charge in [-0.2, -0.15) is 4.68 Å². The number of nitrogens with zero attached hydrogens (tertiary/aromatic N) is 8. The molecule has 1 aliphatic carbocycles. The highest BCUT2D eigenvalue weighted by atomic mass is 19.1. The van der Waals surface area contributed by atoms with Crippen molar-refractivity contribution in [2.24, 2.45) is 0 Å². The first-order valence-corrected chi connectivity index (χ1v) is 12.1. The number of fused-ring (bicyclic) bond motifs is 2. The number of carbonyl (C=O) groups is 1. The summed E-state index contributed by atoms with van der Waals surface area (Å²) in [5.41, 5.74) is 4.25. The number of pyridine rings is 1. The van der Waals surface area contributed by atoms with E-state index < -0.39 is 5.82 Å². The molecule has 2 saturated heterocycles. The molecule has 3 aromatic rings. The first-order valence-electron chi connectivity index (χ1n) is 12.1. The number of ether oxygens (including phenoxy) is 1. The van der Waals surface area contributed by atoms with Crippen molar-refractivity contribution >= 4 is 11.6 Å². The third kappa shape index (κ3) is 3.83. The summed E-state index contributed by atoms with van der Waals surface area (Å²) < 4.78 is 21.7. The molecule has 2 aromatic heterocycles. The van der Waals surface area contributed by atoms with Gasteiger partial charge in [-0.15, -0.1) is 5.10 Å². The summed E-state index contributed by atoms with van der Waals surface area (Å²) >= 11 is 0. The normalized spacial score (nSPS) is 23.7. The number of hydrogen-bond donors (Lipinski definition) is 0. The molecule has 2 aliphatic heterocycles. The average molecular weight is 489 g/mol. The molecule has 184 valence electrons. The number of carbonyl (C=O) groups excluding carboxylic acids is 1. The number of piperazine rings is 1. The maximum absolute atomic E-state index is 14.0. The second-order valence-corrected chi connectivity index (χ2v) is 9.56. The summed E-state index contributed by atoms with van der Waals surface area (Å²) in [5, 5.41) is 11.3. The van der Waals surface area contributed by atoms with Gasteiger partial charge in [-0.05, 0) is 59.0 Å². The number of tetrazole rings is 1. The van der Waals surface area contributed by atoms with Crippen molar-refractivity contribution in [1.82, 2.24) is 35.0 Å². The van der Waals surface area contributed by atoms with Gasteiger partial charge >= 0.3 is 0 Å². The summed E-state index contributed by atoms with van der Waals surface area (Å²) in [4.78, 5) is 25.8. The molecule has 11 heteroatoms. The van der Waals surface area contributed by atoms with Crippen LogP contribution in [-0.2, 0) is 16.0 Å². The monoisotopic (exact) mass is 488 g/mol. The van der Waals surface area contributed by atoms with Crippen molar-refractivity contribution in [3.8, 4) is 5.69 Å². The van der Waals surface area contributed by atoms with E-state index in [1.165, 1.54) is 12.4 Å². The Balaban J connectivity index is 1.12. The Kier molecular flexibility index (Phi) is 5.70. The van der Waals surface area contributed by atoms with Gasteiger partial charge in [-0.25, -0.2) is 9.24 Å². The number of halogens is 1. The van der Waals surface area contributed by atoms with Gasteiger partial charge < -0.3 is 9.64 Å². The number of morpholine rings is 1. The zero-order valence-corrected chi connectivity index (χ0v) is 19.8. The zero-order valence-electron chi connectivity index (χ0n) is 19.8. The van der Waals surface area contributed by atoms with Crippen LogP contribution in [0.5, 0.6) is 0 Å². The molecular formula is C25H25FN8O2. The summed E-state index contributed by atoms with van der Waals surface area (Å²) in [6.07, 6.45) is 4.57. The lowest BCUT2D eigenvalue weighted by molar-refractivity contribution is -0.141. The first-order chi connectivity index (χ1) is 17.5. The highest BCUT2D eigenvalue weighted by Gasteiger charge is 2.39. The van der Waals surface area contributed by atoms with Crippen LogP contribution in [0.4, 0.5) is 10.1 Å². The average Bonchev–Trinajstić information content (AvgIpc) is 3.58. The standard InChI is InChI=1S/C25H25FN8O2/c1-15-19(5-6-21(26)23(15)27-2)22-12-32-7-8-33(11-18(32)13-36-22)25(35)20-4-3-16-9-17(10-28-24(16)20)34-14-29-30-31-34/h5-6,9-10,14,18,20,22H,3-4,7-8,11-13H2,1H3/t18-,20?,22-/m1/s1. The number of rotatable bonds is 3. The van der Waals surface area contributed by atoms with Crippen molar-refractivity contribution in [1.29, 1.82) is 0 Å². The molecule has 1 unspecified atom stereocenters. The fraction of sp³-hybridized carbons (Fsp3) is 0.440. The largest absolute Gasteiger partial charge is 0.371 e. The van der Waals surface area contributed by atoms with E-state index >= 15 is 0 Å². The van der Waals surface area contributed by atoms with Gasteiger partial charge in [0, 0.05) is 26.2 Å². The Bertz CT molecular complexity index is 1350. The van der Waals surface area contributed by atoms with Crippen molar-refractivity contribution < 1.29 is 13.9 Å². The molecule has 3 aliphatic rings. The Labute approximate surface area is 207 Å². The third-order valence-corrected chi connectivity index (χ3v) is 7.62. The molecule has 1 amide bonds. The lowest BCUT2D eigenvalue weighted by atomic mass is 9.97. The van der Waals surface area contributed by atoms with Crippen LogP contribution in [0.15, 0.2) is 30.7 Å². The zero-order chi connectivity index (χ0) is 24.8. The highest BCUT2D eigenvalue weighted by Crippen LogP contribution is 2.36. The van der Waals surface area contributed by atoms with E-state index in [4.69, 9.17) is 11.3 Å². The maximum atomic E-state index is 14.0. The smallest absolute Gasteiger partial charge is 0.231 e. The van der Waals surface area contributed by atoms with E-state index in [9.17, 15) is 9.18 Å². The molecule has 4 heterocycles. The number of benzene rings is 1. The van der Waals surface area contributed by atoms with Gasteiger partial charge in [0.1, 0.15) is 12.1 Å². The molecule has 2 fully saturated rings. The van der Waals surface area contributed by atoms with Gasteiger partial charge in [-0.1, -0.05) is 6.07 Å². The quantitative estimate of drug-likeness (QED) is 0.523. The van der Waals surface area contributed by atoms with Crippen LogP contribution in [0.3, 0.4) is 0 Å². The van der Waals surface area contributed by atoms with E-state index in [1.807, 2.05) is 11.0 Å². The lowest BCUT2D eigenvalue weighted by Crippen LogP contribution is -2.60. The number of aromatic nitrogens is 5. The minimum atomic E-state index is -0.498. The SMILES string of the molecule is [C-]#[N+]c1c(F)ccc([C@H]2CN3CCN(C(=O)C4CCc5cc(-n6cnnn6)cnc54)C[C@@H]3CO2)c1C. The molecular weight excluding hydrogens is 463 g/mol. The molecule has 36 heavy (non-hydrogen) atoms. The Morgan fingerprint density at radius 1 is 1.28 bits per heavy atom. The molecule has 0 N–H and O–H groups in total. The second-order valence-electron chi connectivity index (χ2n) is 9.56. The van der Waals surface area contributed by atoms with Crippen molar-refractivity contribution in [2.45, 2.75) is 37.8 Å². The maximum Gasteiger partial charge on any atom is 0.231 e. The molecule has 0 radical (unpaired) electrons. The van der Waals surface area contributed by atoms with Crippen LogP contribution < -0.4 is 0 Å². The molecule has 1 aromatic carbocycles. The second kappa shape index (κ2) is 9.04. The van der Waals surface area contributed by atoms with Crippen molar-refractivity contribution in [3.05, 3.63) is 70.3 Å². The fourth-order valence-electron chi connectivity index (χ4n) is 5.67. The van der Waals surface area contributed by atoms with E-state index in [2.05, 4.69) is 30.3 Å². The summed E-state index contributed by atoms with van der Waals surface area (Å²) in [6.45, 7) is 12.2. The highest BCUT2D eigenvalue weighted by molar-refractivity contribution is 5.84. The van der Waals surface area contributed by atoms with Crippen LogP contribution in [0.1, 0.15) is 40.8 Å². The number of amides is 1. The van der Waals surface area contributed by atoms with Gasteiger partial charge in [0.25, 0.3) is 0 Å². The molecule has 0 spiro atoms. The topological polar surface area (TPSA) is 93.6 Å². The molecule has 6 rings (SSSR count). The van der Waals surface area contributed by atoms with E-state index in [1.54, 1.807) is 23.9 Å².